The van der Waals surface area contributed by atoms with E-state index in [0.29, 0.717) is 19.4 Å². The molecule has 0 bridgehead atoms. The fourth-order valence-electron chi connectivity index (χ4n) is 1.80. The molecule has 0 aromatic rings. The number of aliphatic hydroxyl groups excluding tert-OH is 1. The van der Waals surface area contributed by atoms with Crippen molar-refractivity contribution >= 4 is 23.7 Å². The van der Waals surface area contributed by atoms with Gasteiger partial charge in [-0.1, -0.05) is 0 Å². The van der Waals surface area contributed by atoms with Gasteiger partial charge in [-0.15, -0.1) is 0 Å². The number of rotatable bonds is 12. The standard InChI is InChI=1S/C13H25N5O6/c14-4-2-1-3-8(13(23)24)17-12(22)9(6-19)18-11(21)7(15)5-10(16)20/h7-9,19H,1-6,14-15H2,(H2,16,20)(H,17,22)(H,18,21)(H,23,24). The third-order valence-electron chi connectivity index (χ3n) is 3.13. The maximum absolute atomic E-state index is 12.0. The molecule has 11 nitrogen and oxygen atoms in total. The molecule has 0 fully saturated rings. The zero-order valence-electron chi connectivity index (χ0n) is 13.2. The molecule has 3 amide bonds. The van der Waals surface area contributed by atoms with Crippen LogP contribution in [-0.4, -0.2) is 65.2 Å². The van der Waals surface area contributed by atoms with Gasteiger partial charge in [0, 0.05) is 0 Å². The second-order valence-corrected chi connectivity index (χ2v) is 5.20. The number of unbranched alkanes of at least 4 members (excludes halogenated alkanes) is 1. The molecule has 0 aliphatic rings. The van der Waals surface area contributed by atoms with Crippen molar-refractivity contribution in [2.45, 2.75) is 43.8 Å². The van der Waals surface area contributed by atoms with Crippen molar-refractivity contribution in [1.82, 2.24) is 10.6 Å². The van der Waals surface area contributed by atoms with E-state index >= 15 is 0 Å². The maximum Gasteiger partial charge on any atom is 0.326 e. The summed E-state index contributed by atoms with van der Waals surface area (Å²) in [6.45, 7) is -0.372. The molecule has 0 aliphatic carbocycles. The third kappa shape index (κ3) is 8.41. The lowest BCUT2D eigenvalue weighted by molar-refractivity contribution is -0.142. The highest BCUT2D eigenvalue weighted by Gasteiger charge is 2.27. The summed E-state index contributed by atoms with van der Waals surface area (Å²) in [5.74, 6) is -3.78. The SMILES string of the molecule is NCCCCC(NC(=O)C(CO)NC(=O)C(N)CC(N)=O)C(=O)O. The summed E-state index contributed by atoms with van der Waals surface area (Å²) in [4.78, 5) is 45.5. The molecule has 0 rings (SSSR count). The number of nitrogens with two attached hydrogens (primary N) is 3. The summed E-state index contributed by atoms with van der Waals surface area (Å²) in [5.41, 5.74) is 15.6. The number of carbonyl (C=O) groups is 4. The van der Waals surface area contributed by atoms with Crippen LogP contribution in [0.5, 0.6) is 0 Å². The highest BCUT2D eigenvalue weighted by atomic mass is 16.4. The number of hydrogen-bond acceptors (Lipinski definition) is 7. The van der Waals surface area contributed by atoms with Crippen molar-refractivity contribution in [3.63, 3.8) is 0 Å². The van der Waals surface area contributed by atoms with Crippen LogP contribution in [0, 0.1) is 0 Å². The topological polar surface area (TPSA) is 211 Å². The number of primary amides is 1. The minimum atomic E-state index is -1.40. The van der Waals surface area contributed by atoms with Crippen molar-refractivity contribution in [1.29, 1.82) is 0 Å². The van der Waals surface area contributed by atoms with Crippen LogP contribution >= 0.6 is 0 Å². The monoisotopic (exact) mass is 347 g/mol. The summed E-state index contributed by atoms with van der Waals surface area (Å²) < 4.78 is 0. The van der Waals surface area contributed by atoms with Crippen LogP contribution in [0.2, 0.25) is 0 Å². The molecule has 11 heteroatoms. The van der Waals surface area contributed by atoms with E-state index in [1.807, 2.05) is 0 Å². The molecule has 0 saturated heterocycles. The van der Waals surface area contributed by atoms with Crippen LogP contribution in [0.15, 0.2) is 0 Å². The minimum Gasteiger partial charge on any atom is -0.480 e. The molecule has 0 heterocycles. The number of carboxylic acid groups (broad SMARTS) is 1. The van der Waals surface area contributed by atoms with Gasteiger partial charge in [-0.2, -0.15) is 0 Å². The maximum atomic E-state index is 12.0. The number of aliphatic hydroxyl groups is 1. The van der Waals surface area contributed by atoms with Crippen molar-refractivity contribution in [3.8, 4) is 0 Å². The molecular weight excluding hydrogens is 322 g/mol. The van der Waals surface area contributed by atoms with E-state index in [0.717, 1.165) is 0 Å². The largest absolute Gasteiger partial charge is 0.480 e. The van der Waals surface area contributed by atoms with E-state index < -0.39 is 54.8 Å². The second kappa shape index (κ2) is 11.3. The summed E-state index contributed by atoms with van der Waals surface area (Å²) in [6, 6.07) is -3.84. The molecule has 0 saturated carbocycles. The van der Waals surface area contributed by atoms with Crippen molar-refractivity contribution in [2.75, 3.05) is 13.2 Å². The Morgan fingerprint density at radius 1 is 1.00 bits per heavy atom. The van der Waals surface area contributed by atoms with Gasteiger partial charge < -0.3 is 38.0 Å². The predicted molar refractivity (Wildman–Crippen MR) is 83.3 cm³/mol. The highest BCUT2D eigenvalue weighted by molar-refractivity contribution is 5.93. The molecule has 10 N–H and O–H groups in total. The molecule has 0 aromatic carbocycles. The van der Waals surface area contributed by atoms with E-state index in [9.17, 15) is 24.3 Å². The van der Waals surface area contributed by atoms with Gasteiger partial charge in [0.1, 0.15) is 12.1 Å². The average molecular weight is 347 g/mol. The summed E-state index contributed by atoms with van der Waals surface area (Å²) in [7, 11) is 0. The van der Waals surface area contributed by atoms with E-state index in [4.69, 9.17) is 22.3 Å². The fourth-order valence-corrected chi connectivity index (χ4v) is 1.80. The molecule has 138 valence electrons. The van der Waals surface area contributed by atoms with Crippen LogP contribution in [0.25, 0.3) is 0 Å². The quantitative estimate of drug-likeness (QED) is 0.174. The summed E-state index contributed by atoms with van der Waals surface area (Å²) in [6.07, 6.45) is 0.823. The Labute approximate surface area is 138 Å². The van der Waals surface area contributed by atoms with Crippen LogP contribution in [0.3, 0.4) is 0 Å². The first-order valence-electron chi connectivity index (χ1n) is 7.41. The lowest BCUT2D eigenvalue weighted by Crippen LogP contribution is -2.56. The first-order valence-corrected chi connectivity index (χ1v) is 7.41. The van der Waals surface area contributed by atoms with Crippen LogP contribution < -0.4 is 27.8 Å². The number of amides is 3. The van der Waals surface area contributed by atoms with Crippen molar-refractivity contribution < 1.29 is 29.4 Å². The molecule has 3 unspecified atom stereocenters. The van der Waals surface area contributed by atoms with Gasteiger partial charge in [-0.05, 0) is 25.8 Å². The van der Waals surface area contributed by atoms with Crippen LogP contribution in [-0.2, 0) is 19.2 Å². The van der Waals surface area contributed by atoms with Gasteiger partial charge in [0.2, 0.25) is 17.7 Å². The Hall–Kier alpha value is -2.24. The Morgan fingerprint density at radius 2 is 1.58 bits per heavy atom. The lowest BCUT2D eigenvalue weighted by Gasteiger charge is -2.21. The molecular formula is C13H25N5O6. The highest BCUT2D eigenvalue weighted by Crippen LogP contribution is 2.02. The molecule has 0 aromatic heterocycles. The third-order valence-corrected chi connectivity index (χ3v) is 3.13. The molecule has 0 radical (unpaired) electrons. The molecule has 24 heavy (non-hydrogen) atoms. The number of hydrogen-bond donors (Lipinski definition) is 7. The van der Waals surface area contributed by atoms with Gasteiger partial charge in [0.25, 0.3) is 0 Å². The van der Waals surface area contributed by atoms with E-state index in [2.05, 4.69) is 10.6 Å². The Kier molecular flexibility index (Phi) is 10.3. The smallest absolute Gasteiger partial charge is 0.326 e. The Morgan fingerprint density at radius 3 is 2.04 bits per heavy atom. The van der Waals surface area contributed by atoms with Crippen LogP contribution in [0.4, 0.5) is 0 Å². The van der Waals surface area contributed by atoms with Crippen LogP contribution in [0.1, 0.15) is 25.7 Å². The van der Waals surface area contributed by atoms with E-state index in [-0.39, 0.29) is 6.42 Å². The first kappa shape index (κ1) is 21.8. The normalized spacial score (nSPS) is 14.3. The zero-order chi connectivity index (χ0) is 18.7. The average Bonchev–Trinajstić information content (AvgIpc) is 2.50. The summed E-state index contributed by atoms with van der Waals surface area (Å²) in [5, 5.41) is 22.6. The number of aliphatic carboxylic acids is 1. The zero-order valence-corrected chi connectivity index (χ0v) is 13.2. The number of carboxylic acids is 1. The van der Waals surface area contributed by atoms with E-state index in [1.165, 1.54) is 0 Å². The Bertz CT molecular complexity index is 458. The van der Waals surface area contributed by atoms with Crippen molar-refractivity contribution in [3.05, 3.63) is 0 Å². The molecule has 0 aliphatic heterocycles. The van der Waals surface area contributed by atoms with Gasteiger partial charge >= 0.3 is 5.97 Å². The second-order valence-electron chi connectivity index (χ2n) is 5.20. The molecule has 3 atom stereocenters. The fraction of sp³-hybridized carbons (Fsp3) is 0.692. The van der Waals surface area contributed by atoms with E-state index in [1.54, 1.807) is 0 Å². The first-order chi connectivity index (χ1) is 11.2. The van der Waals surface area contributed by atoms with Gasteiger partial charge in [0.05, 0.1) is 19.1 Å². The van der Waals surface area contributed by atoms with Gasteiger partial charge in [-0.25, -0.2) is 4.79 Å². The predicted octanol–water partition coefficient (Wildman–Crippen LogP) is -3.64. The summed E-state index contributed by atoms with van der Waals surface area (Å²) >= 11 is 0. The van der Waals surface area contributed by atoms with Gasteiger partial charge in [0.15, 0.2) is 0 Å². The molecule has 0 spiro atoms. The van der Waals surface area contributed by atoms with Gasteiger partial charge in [-0.3, -0.25) is 14.4 Å². The number of carbonyl (C=O) groups excluding carboxylic acids is 3. The number of nitrogens with one attached hydrogen (secondary N) is 2. The van der Waals surface area contributed by atoms with Crippen molar-refractivity contribution in [2.24, 2.45) is 17.2 Å². The lowest BCUT2D eigenvalue weighted by atomic mass is 10.1. The minimum absolute atomic E-state index is 0.158. The Balaban J connectivity index is 4.67.